The molecule has 0 aliphatic carbocycles. The van der Waals surface area contributed by atoms with Gasteiger partial charge in [0, 0.05) is 13.2 Å². The van der Waals surface area contributed by atoms with Crippen molar-refractivity contribution in [3.05, 3.63) is 0 Å². The summed E-state index contributed by atoms with van der Waals surface area (Å²) >= 11 is 0. The number of likely N-dealkylation sites (N-methyl/N-ethyl adjacent to an activating group) is 1. The van der Waals surface area contributed by atoms with Gasteiger partial charge in [-0.2, -0.15) is 0 Å². The smallest absolute Gasteiger partial charge is 0.320 e. The number of ether oxygens (including phenoxy) is 2. The van der Waals surface area contributed by atoms with Crippen LogP contribution in [0.3, 0.4) is 0 Å². The number of aliphatic carboxylic acids is 1. The number of carboxylic acids is 1. The van der Waals surface area contributed by atoms with Gasteiger partial charge >= 0.3 is 5.97 Å². The first-order valence-electron chi connectivity index (χ1n) is 5.89. The molecule has 5 nitrogen and oxygen atoms in total. The van der Waals surface area contributed by atoms with Crippen molar-refractivity contribution in [3.8, 4) is 0 Å². The number of hydrogen-bond donors (Lipinski definition) is 2. The first-order valence-corrected chi connectivity index (χ1v) is 5.89. The Morgan fingerprint density at radius 1 is 1.69 bits per heavy atom. The van der Waals surface area contributed by atoms with E-state index in [-0.39, 0.29) is 6.10 Å². The Balaban J connectivity index is 2.05. The maximum Gasteiger partial charge on any atom is 0.320 e. The fourth-order valence-corrected chi connectivity index (χ4v) is 1.75. The van der Waals surface area contributed by atoms with E-state index in [1.165, 1.54) is 0 Å². The summed E-state index contributed by atoms with van der Waals surface area (Å²) < 4.78 is 10.8. The van der Waals surface area contributed by atoms with E-state index >= 15 is 0 Å². The van der Waals surface area contributed by atoms with Crippen LogP contribution in [-0.2, 0) is 14.3 Å². The summed E-state index contributed by atoms with van der Waals surface area (Å²) in [4.78, 5) is 10.8. The SMILES string of the molecule is CCNC(CCOCC1CCCO1)C(=O)O. The van der Waals surface area contributed by atoms with Gasteiger partial charge in [-0.3, -0.25) is 4.79 Å². The molecule has 0 bridgehead atoms. The van der Waals surface area contributed by atoms with E-state index in [0.29, 0.717) is 26.2 Å². The molecule has 16 heavy (non-hydrogen) atoms. The highest BCUT2D eigenvalue weighted by molar-refractivity contribution is 5.73. The summed E-state index contributed by atoms with van der Waals surface area (Å²) in [5.41, 5.74) is 0. The van der Waals surface area contributed by atoms with Gasteiger partial charge in [-0.15, -0.1) is 0 Å². The summed E-state index contributed by atoms with van der Waals surface area (Å²) in [5, 5.41) is 11.8. The van der Waals surface area contributed by atoms with Crippen LogP contribution in [0.2, 0.25) is 0 Å². The second-order valence-corrected chi connectivity index (χ2v) is 3.95. The zero-order chi connectivity index (χ0) is 11.8. The summed E-state index contributed by atoms with van der Waals surface area (Å²) in [6.45, 7) is 4.41. The molecule has 0 radical (unpaired) electrons. The van der Waals surface area contributed by atoms with Crippen LogP contribution in [0.1, 0.15) is 26.2 Å². The van der Waals surface area contributed by atoms with E-state index in [1.54, 1.807) is 0 Å². The molecule has 0 aromatic rings. The quantitative estimate of drug-likeness (QED) is 0.600. The molecule has 1 saturated heterocycles. The Labute approximate surface area is 96.1 Å². The molecule has 2 N–H and O–H groups in total. The Bertz CT molecular complexity index is 204. The molecular formula is C11H21NO4. The minimum atomic E-state index is -0.817. The minimum Gasteiger partial charge on any atom is -0.480 e. The van der Waals surface area contributed by atoms with Crippen molar-refractivity contribution in [2.75, 3.05) is 26.4 Å². The second-order valence-electron chi connectivity index (χ2n) is 3.95. The Hall–Kier alpha value is -0.650. The van der Waals surface area contributed by atoms with Crippen molar-refractivity contribution in [2.45, 2.75) is 38.3 Å². The van der Waals surface area contributed by atoms with Crippen molar-refractivity contribution >= 4 is 5.97 Å². The molecule has 1 aliphatic rings. The maximum absolute atomic E-state index is 10.8. The van der Waals surface area contributed by atoms with Gasteiger partial charge < -0.3 is 19.9 Å². The van der Waals surface area contributed by atoms with Crippen LogP contribution < -0.4 is 5.32 Å². The van der Waals surface area contributed by atoms with Crippen molar-refractivity contribution in [3.63, 3.8) is 0 Å². The van der Waals surface area contributed by atoms with E-state index in [1.807, 2.05) is 6.92 Å². The number of carboxylic acid groups (broad SMARTS) is 1. The third-order valence-corrected chi connectivity index (χ3v) is 2.63. The van der Waals surface area contributed by atoms with Crippen LogP contribution >= 0.6 is 0 Å². The molecule has 0 saturated carbocycles. The van der Waals surface area contributed by atoms with Crippen LogP contribution in [0.5, 0.6) is 0 Å². The first kappa shape index (κ1) is 13.4. The van der Waals surface area contributed by atoms with Crippen molar-refractivity contribution in [2.24, 2.45) is 0 Å². The minimum absolute atomic E-state index is 0.211. The predicted octanol–water partition coefficient (Wildman–Crippen LogP) is 0.635. The van der Waals surface area contributed by atoms with Crippen LogP contribution in [0.25, 0.3) is 0 Å². The van der Waals surface area contributed by atoms with Gasteiger partial charge in [0.25, 0.3) is 0 Å². The molecule has 1 rings (SSSR count). The number of hydrogen-bond acceptors (Lipinski definition) is 4. The monoisotopic (exact) mass is 231 g/mol. The van der Waals surface area contributed by atoms with Crippen molar-refractivity contribution in [1.82, 2.24) is 5.32 Å². The highest BCUT2D eigenvalue weighted by Gasteiger charge is 2.17. The number of carbonyl (C=O) groups is 1. The fourth-order valence-electron chi connectivity index (χ4n) is 1.75. The van der Waals surface area contributed by atoms with E-state index < -0.39 is 12.0 Å². The van der Waals surface area contributed by atoms with Crippen LogP contribution in [-0.4, -0.2) is 49.6 Å². The van der Waals surface area contributed by atoms with Gasteiger partial charge in [0.15, 0.2) is 0 Å². The van der Waals surface area contributed by atoms with Gasteiger partial charge in [-0.25, -0.2) is 0 Å². The molecule has 1 aliphatic heterocycles. The largest absolute Gasteiger partial charge is 0.480 e. The zero-order valence-corrected chi connectivity index (χ0v) is 9.78. The lowest BCUT2D eigenvalue weighted by atomic mass is 10.2. The zero-order valence-electron chi connectivity index (χ0n) is 9.78. The summed E-state index contributed by atoms with van der Waals surface area (Å²) in [7, 11) is 0. The maximum atomic E-state index is 10.8. The molecule has 0 aromatic carbocycles. The number of rotatable bonds is 8. The van der Waals surface area contributed by atoms with Crippen LogP contribution in [0.15, 0.2) is 0 Å². The highest BCUT2D eigenvalue weighted by Crippen LogP contribution is 2.12. The standard InChI is InChI=1S/C11H21NO4/c1-2-12-10(11(13)14)5-7-15-8-9-4-3-6-16-9/h9-10,12H,2-8H2,1H3,(H,13,14). The third kappa shape index (κ3) is 4.92. The first-order chi connectivity index (χ1) is 7.74. The Morgan fingerprint density at radius 3 is 3.06 bits per heavy atom. The molecule has 2 unspecified atom stereocenters. The summed E-state index contributed by atoms with van der Waals surface area (Å²) in [5.74, 6) is -0.817. The lowest BCUT2D eigenvalue weighted by molar-refractivity contribution is -0.140. The average Bonchev–Trinajstić information content (AvgIpc) is 2.75. The summed E-state index contributed by atoms with van der Waals surface area (Å²) in [6, 6.07) is -0.505. The van der Waals surface area contributed by atoms with Crippen molar-refractivity contribution in [1.29, 1.82) is 0 Å². The van der Waals surface area contributed by atoms with Crippen LogP contribution in [0.4, 0.5) is 0 Å². The van der Waals surface area contributed by atoms with Gasteiger partial charge in [-0.1, -0.05) is 6.92 Å². The second kappa shape index (κ2) is 7.60. The molecule has 5 heteroatoms. The molecule has 1 heterocycles. The van der Waals surface area contributed by atoms with Crippen molar-refractivity contribution < 1.29 is 19.4 Å². The van der Waals surface area contributed by atoms with E-state index in [4.69, 9.17) is 14.6 Å². The summed E-state index contributed by atoms with van der Waals surface area (Å²) in [6.07, 6.45) is 2.86. The molecular weight excluding hydrogens is 210 g/mol. The molecule has 0 spiro atoms. The van der Waals surface area contributed by atoms with E-state index in [2.05, 4.69) is 5.32 Å². The molecule has 1 fully saturated rings. The lowest BCUT2D eigenvalue weighted by Gasteiger charge is -2.14. The Morgan fingerprint density at radius 2 is 2.50 bits per heavy atom. The fraction of sp³-hybridized carbons (Fsp3) is 0.909. The van der Waals surface area contributed by atoms with Gasteiger partial charge in [0.05, 0.1) is 12.7 Å². The van der Waals surface area contributed by atoms with Gasteiger partial charge in [0.1, 0.15) is 6.04 Å². The van der Waals surface area contributed by atoms with Crippen LogP contribution in [0, 0.1) is 0 Å². The average molecular weight is 231 g/mol. The highest BCUT2D eigenvalue weighted by atomic mass is 16.5. The lowest BCUT2D eigenvalue weighted by Crippen LogP contribution is -2.37. The number of nitrogens with one attached hydrogen (secondary N) is 1. The van der Waals surface area contributed by atoms with E-state index in [0.717, 1.165) is 19.4 Å². The van der Waals surface area contributed by atoms with Gasteiger partial charge in [0.2, 0.25) is 0 Å². The topological polar surface area (TPSA) is 67.8 Å². The Kier molecular flexibility index (Phi) is 6.37. The molecule has 2 atom stereocenters. The molecule has 0 amide bonds. The molecule has 94 valence electrons. The van der Waals surface area contributed by atoms with Gasteiger partial charge in [-0.05, 0) is 25.8 Å². The van der Waals surface area contributed by atoms with E-state index in [9.17, 15) is 4.79 Å². The molecule has 0 aromatic heterocycles. The normalized spacial score (nSPS) is 22.2. The predicted molar refractivity (Wildman–Crippen MR) is 59.5 cm³/mol. The third-order valence-electron chi connectivity index (χ3n) is 2.63.